The van der Waals surface area contributed by atoms with Crippen molar-refractivity contribution < 1.29 is 13.2 Å². The Hall–Kier alpha value is -1.17. The van der Waals surface area contributed by atoms with Crippen LogP contribution in [0.1, 0.15) is 5.56 Å². The Morgan fingerprint density at radius 1 is 1.36 bits per heavy atom. The molecule has 0 saturated carbocycles. The first-order chi connectivity index (χ1) is 6.49. The predicted octanol–water partition coefficient (Wildman–Crippen LogP) is 1.91. The van der Waals surface area contributed by atoms with Crippen molar-refractivity contribution in [2.45, 2.75) is 6.18 Å². The zero-order valence-corrected chi connectivity index (χ0v) is 7.82. The number of hydrogen-bond donors (Lipinski definition) is 1. The Balaban J connectivity index is 2.52. The SMILES string of the molecule is FC(F)(F)CNC(=S)c1ccncc1. The highest BCUT2D eigenvalue weighted by atomic mass is 32.1. The Bertz CT molecular complexity index is 310. The van der Waals surface area contributed by atoms with Gasteiger partial charge in [-0.15, -0.1) is 0 Å². The summed E-state index contributed by atoms with van der Waals surface area (Å²) in [6, 6.07) is 3.09. The summed E-state index contributed by atoms with van der Waals surface area (Å²) in [4.78, 5) is 3.80. The van der Waals surface area contributed by atoms with Gasteiger partial charge in [-0.25, -0.2) is 0 Å². The van der Waals surface area contributed by atoms with Crippen molar-refractivity contribution in [2.75, 3.05) is 6.54 Å². The van der Waals surface area contributed by atoms with Crippen LogP contribution in [0.5, 0.6) is 0 Å². The minimum absolute atomic E-state index is 0.0738. The predicted molar refractivity (Wildman–Crippen MR) is 50.0 cm³/mol. The first-order valence-corrected chi connectivity index (χ1v) is 4.15. The Morgan fingerprint density at radius 2 is 1.93 bits per heavy atom. The lowest BCUT2D eigenvalue weighted by Gasteiger charge is -2.09. The quantitative estimate of drug-likeness (QED) is 0.771. The summed E-state index contributed by atoms with van der Waals surface area (Å²) in [7, 11) is 0. The molecule has 6 heteroatoms. The van der Waals surface area contributed by atoms with Crippen LogP contribution in [0.15, 0.2) is 24.5 Å². The summed E-state index contributed by atoms with van der Waals surface area (Å²) >= 11 is 4.75. The molecule has 0 spiro atoms. The van der Waals surface area contributed by atoms with Gasteiger partial charge in [-0.1, -0.05) is 12.2 Å². The number of nitrogens with zero attached hydrogens (tertiary/aromatic N) is 1. The van der Waals surface area contributed by atoms with E-state index in [0.717, 1.165) is 0 Å². The van der Waals surface area contributed by atoms with Crippen molar-refractivity contribution in [2.24, 2.45) is 0 Å². The molecule has 0 saturated heterocycles. The first kappa shape index (κ1) is 10.9. The van der Waals surface area contributed by atoms with Crippen LogP contribution in [0.3, 0.4) is 0 Å². The summed E-state index contributed by atoms with van der Waals surface area (Å²) in [5.74, 6) is 0. The van der Waals surface area contributed by atoms with E-state index < -0.39 is 12.7 Å². The smallest absolute Gasteiger partial charge is 0.367 e. The van der Waals surface area contributed by atoms with E-state index >= 15 is 0 Å². The monoisotopic (exact) mass is 220 g/mol. The van der Waals surface area contributed by atoms with Crippen LogP contribution in [0.2, 0.25) is 0 Å². The highest BCUT2D eigenvalue weighted by Crippen LogP contribution is 2.12. The molecule has 1 aromatic rings. The molecule has 1 N–H and O–H groups in total. The number of halogens is 3. The number of nitrogens with one attached hydrogen (secondary N) is 1. The third-order valence-corrected chi connectivity index (χ3v) is 1.77. The molecule has 2 nitrogen and oxygen atoms in total. The maximum absolute atomic E-state index is 11.8. The maximum atomic E-state index is 11.8. The van der Waals surface area contributed by atoms with Gasteiger partial charge in [0.15, 0.2) is 0 Å². The molecular formula is C8H7F3N2S. The lowest BCUT2D eigenvalue weighted by Crippen LogP contribution is -2.33. The average Bonchev–Trinajstić information content (AvgIpc) is 2.14. The van der Waals surface area contributed by atoms with Crippen molar-refractivity contribution in [3.63, 3.8) is 0 Å². The van der Waals surface area contributed by atoms with Gasteiger partial charge < -0.3 is 5.32 Å². The summed E-state index contributed by atoms with van der Waals surface area (Å²) in [5, 5.41) is 2.12. The molecule has 0 aliphatic carbocycles. The molecule has 1 aromatic heterocycles. The van der Waals surface area contributed by atoms with Crippen LogP contribution in [0.25, 0.3) is 0 Å². The number of pyridine rings is 1. The molecule has 0 bridgehead atoms. The third-order valence-electron chi connectivity index (χ3n) is 1.39. The van der Waals surface area contributed by atoms with E-state index in [1.54, 1.807) is 12.1 Å². The number of hydrogen-bond acceptors (Lipinski definition) is 2. The van der Waals surface area contributed by atoms with Gasteiger partial charge >= 0.3 is 6.18 Å². The summed E-state index contributed by atoms with van der Waals surface area (Å²) < 4.78 is 35.4. The molecule has 0 radical (unpaired) electrons. The number of thiocarbonyl (C=S) groups is 1. The van der Waals surface area contributed by atoms with Crippen LogP contribution in [0.4, 0.5) is 13.2 Å². The minimum Gasteiger partial charge on any atom is -0.367 e. The van der Waals surface area contributed by atoms with Gasteiger partial charge in [-0.05, 0) is 12.1 Å². The zero-order valence-electron chi connectivity index (χ0n) is 7.01. The Kier molecular flexibility index (Phi) is 3.40. The van der Waals surface area contributed by atoms with Gasteiger partial charge in [0.05, 0.1) is 0 Å². The van der Waals surface area contributed by atoms with Crippen LogP contribution >= 0.6 is 12.2 Å². The molecule has 0 atom stereocenters. The van der Waals surface area contributed by atoms with Crippen molar-refractivity contribution >= 4 is 17.2 Å². The molecule has 0 aliphatic rings. The van der Waals surface area contributed by atoms with Crippen molar-refractivity contribution in [1.82, 2.24) is 10.3 Å². The van der Waals surface area contributed by atoms with Crippen molar-refractivity contribution in [3.8, 4) is 0 Å². The Morgan fingerprint density at radius 3 is 2.43 bits per heavy atom. The van der Waals surface area contributed by atoms with E-state index in [0.29, 0.717) is 5.56 Å². The lowest BCUT2D eigenvalue weighted by atomic mass is 10.3. The van der Waals surface area contributed by atoms with Gasteiger partial charge in [0.1, 0.15) is 11.5 Å². The van der Waals surface area contributed by atoms with E-state index in [-0.39, 0.29) is 4.99 Å². The van der Waals surface area contributed by atoms with E-state index in [1.165, 1.54) is 12.4 Å². The Labute approximate surface area is 84.2 Å². The molecule has 0 unspecified atom stereocenters. The fraction of sp³-hybridized carbons (Fsp3) is 0.250. The van der Waals surface area contributed by atoms with Gasteiger partial charge in [0, 0.05) is 18.0 Å². The topological polar surface area (TPSA) is 24.9 Å². The fourth-order valence-corrected chi connectivity index (χ4v) is 0.994. The van der Waals surface area contributed by atoms with E-state index in [4.69, 9.17) is 12.2 Å². The number of rotatable bonds is 2. The second-order valence-corrected chi connectivity index (χ2v) is 2.94. The highest BCUT2D eigenvalue weighted by molar-refractivity contribution is 7.80. The second-order valence-electron chi connectivity index (χ2n) is 2.53. The van der Waals surface area contributed by atoms with Crippen LogP contribution < -0.4 is 5.32 Å². The fourth-order valence-electron chi connectivity index (χ4n) is 0.786. The van der Waals surface area contributed by atoms with Crippen LogP contribution in [-0.4, -0.2) is 22.7 Å². The van der Waals surface area contributed by atoms with Gasteiger partial charge in [-0.2, -0.15) is 13.2 Å². The summed E-state index contributed by atoms with van der Waals surface area (Å²) in [5.41, 5.74) is 0.527. The molecule has 1 heterocycles. The summed E-state index contributed by atoms with van der Waals surface area (Å²) in [6.45, 7) is -1.12. The molecule has 14 heavy (non-hydrogen) atoms. The van der Waals surface area contributed by atoms with Crippen LogP contribution in [0, 0.1) is 0 Å². The first-order valence-electron chi connectivity index (χ1n) is 3.74. The third kappa shape index (κ3) is 3.69. The molecule has 0 aliphatic heterocycles. The van der Waals surface area contributed by atoms with Gasteiger partial charge in [0.2, 0.25) is 0 Å². The molecule has 0 aromatic carbocycles. The molecule has 0 amide bonds. The normalized spacial score (nSPS) is 11.1. The van der Waals surface area contributed by atoms with Crippen molar-refractivity contribution in [3.05, 3.63) is 30.1 Å². The minimum atomic E-state index is -4.25. The average molecular weight is 220 g/mol. The largest absolute Gasteiger partial charge is 0.405 e. The second kappa shape index (κ2) is 4.36. The van der Waals surface area contributed by atoms with E-state index in [1.807, 2.05) is 0 Å². The van der Waals surface area contributed by atoms with Crippen molar-refractivity contribution in [1.29, 1.82) is 0 Å². The number of aromatic nitrogens is 1. The van der Waals surface area contributed by atoms with E-state index in [2.05, 4.69) is 10.3 Å². The summed E-state index contributed by atoms with van der Waals surface area (Å²) in [6.07, 6.45) is -1.31. The van der Waals surface area contributed by atoms with Gasteiger partial charge in [0.25, 0.3) is 0 Å². The molecular weight excluding hydrogens is 213 g/mol. The standard InChI is InChI=1S/C8H7F3N2S/c9-8(10,11)5-13-7(14)6-1-3-12-4-2-6/h1-4H,5H2,(H,13,14). The van der Waals surface area contributed by atoms with Gasteiger partial charge in [-0.3, -0.25) is 4.98 Å². The highest BCUT2D eigenvalue weighted by Gasteiger charge is 2.27. The molecule has 76 valence electrons. The molecule has 0 fully saturated rings. The maximum Gasteiger partial charge on any atom is 0.405 e. The lowest BCUT2D eigenvalue weighted by molar-refractivity contribution is -0.121. The van der Waals surface area contributed by atoms with Crippen LogP contribution in [-0.2, 0) is 0 Å². The number of alkyl halides is 3. The molecule has 1 rings (SSSR count). The zero-order chi connectivity index (χ0) is 10.6. The van der Waals surface area contributed by atoms with E-state index in [9.17, 15) is 13.2 Å².